The number of hydrogen-bond acceptors (Lipinski definition) is 2. The van der Waals surface area contributed by atoms with E-state index in [1.807, 2.05) is 79.7 Å². The van der Waals surface area contributed by atoms with Crippen molar-refractivity contribution >= 4 is 11.6 Å². The number of fused-ring (bicyclic) bond motifs is 1. The summed E-state index contributed by atoms with van der Waals surface area (Å²) in [4.78, 5) is 12.4. The van der Waals surface area contributed by atoms with E-state index >= 15 is 0 Å². The molecule has 0 radical (unpaired) electrons. The first kappa shape index (κ1) is 15.5. The summed E-state index contributed by atoms with van der Waals surface area (Å²) < 4.78 is 5.90. The fraction of sp³-hybridized carbons (Fsp3) is 0.136. The summed E-state index contributed by atoms with van der Waals surface area (Å²) in [6.45, 7) is 2.02. The summed E-state index contributed by atoms with van der Waals surface area (Å²) in [7, 11) is 0. The zero-order valence-electron chi connectivity index (χ0n) is 14.0. The van der Waals surface area contributed by atoms with E-state index in [1.54, 1.807) is 0 Å². The predicted octanol–water partition coefficient (Wildman–Crippen LogP) is 5.07. The second-order valence-electron chi connectivity index (χ2n) is 6.35. The zero-order valence-corrected chi connectivity index (χ0v) is 14.0. The Morgan fingerprint density at radius 3 is 2.52 bits per heavy atom. The molecule has 0 aromatic heterocycles. The number of ether oxygens (including phenoxy) is 1. The molecular weight excluding hydrogens is 310 g/mol. The van der Waals surface area contributed by atoms with Crippen molar-refractivity contribution in [2.24, 2.45) is 0 Å². The molecule has 1 heterocycles. The number of benzene rings is 3. The number of rotatable bonds is 4. The molecule has 4 rings (SSSR count). The van der Waals surface area contributed by atoms with Gasteiger partial charge in [-0.05, 0) is 54.3 Å². The van der Waals surface area contributed by atoms with Gasteiger partial charge < -0.3 is 10.1 Å². The lowest BCUT2D eigenvalue weighted by atomic mass is 9.92. The first-order valence-electron chi connectivity index (χ1n) is 8.43. The van der Waals surface area contributed by atoms with Crippen molar-refractivity contribution in [2.45, 2.75) is 19.3 Å². The van der Waals surface area contributed by atoms with Crippen molar-refractivity contribution in [3.8, 4) is 11.5 Å². The zero-order chi connectivity index (χ0) is 17.2. The number of amides is 1. The SMILES string of the molecule is Cc1cccc2c1NC(=O)C2Cc1cccc(Oc2ccccc2)c1. The first-order chi connectivity index (χ1) is 12.2. The molecule has 0 fully saturated rings. The molecule has 1 unspecified atom stereocenters. The molecule has 3 heteroatoms. The molecule has 3 aromatic rings. The molecule has 1 N–H and O–H groups in total. The molecule has 0 saturated heterocycles. The van der Waals surface area contributed by atoms with Gasteiger partial charge in [-0.15, -0.1) is 0 Å². The predicted molar refractivity (Wildman–Crippen MR) is 99.2 cm³/mol. The fourth-order valence-corrected chi connectivity index (χ4v) is 3.30. The van der Waals surface area contributed by atoms with Crippen LogP contribution in [-0.2, 0) is 11.2 Å². The van der Waals surface area contributed by atoms with E-state index in [0.29, 0.717) is 6.42 Å². The summed E-state index contributed by atoms with van der Waals surface area (Å²) >= 11 is 0. The van der Waals surface area contributed by atoms with E-state index in [2.05, 4.69) is 5.32 Å². The summed E-state index contributed by atoms with van der Waals surface area (Å²) in [6, 6.07) is 23.7. The highest BCUT2D eigenvalue weighted by atomic mass is 16.5. The largest absolute Gasteiger partial charge is 0.457 e. The normalized spacial score (nSPS) is 15.6. The van der Waals surface area contributed by atoms with Gasteiger partial charge in [0.1, 0.15) is 11.5 Å². The summed E-state index contributed by atoms with van der Waals surface area (Å²) in [6.07, 6.45) is 0.661. The molecule has 0 bridgehead atoms. The van der Waals surface area contributed by atoms with E-state index in [0.717, 1.165) is 33.9 Å². The Balaban J connectivity index is 1.57. The van der Waals surface area contributed by atoms with Gasteiger partial charge in [0.2, 0.25) is 5.91 Å². The van der Waals surface area contributed by atoms with Gasteiger partial charge in [0.05, 0.1) is 5.92 Å². The van der Waals surface area contributed by atoms with Crippen LogP contribution in [0, 0.1) is 6.92 Å². The van der Waals surface area contributed by atoms with E-state index in [1.165, 1.54) is 0 Å². The van der Waals surface area contributed by atoms with Crippen molar-refractivity contribution < 1.29 is 9.53 Å². The van der Waals surface area contributed by atoms with Crippen LogP contribution in [0.4, 0.5) is 5.69 Å². The Morgan fingerprint density at radius 2 is 1.68 bits per heavy atom. The first-order valence-corrected chi connectivity index (χ1v) is 8.43. The van der Waals surface area contributed by atoms with E-state index in [9.17, 15) is 4.79 Å². The number of carbonyl (C=O) groups excluding carboxylic acids is 1. The highest BCUT2D eigenvalue weighted by Gasteiger charge is 2.31. The van der Waals surface area contributed by atoms with Crippen LogP contribution in [0.3, 0.4) is 0 Å². The molecule has 3 nitrogen and oxygen atoms in total. The van der Waals surface area contributed by atoms with Crippen molar-refractivity contribution in [1.82, 2.24) is 0 Å². The number of para-hydroxylation sites is 2. The van der Waals surface area contributed by atoms with Crippen LogP contribution in [0.2, 0.25) is 0 Å². The van der Waals surface area contributed by atoms with E-state index in [4.69, 9.17) is 4.74 Å². The second-order valence-corrected chi connectivity index (χ2v) is 6.35. The van der Waals surface area contributed by atoms with Crippen molar-refractivity contribution in [3.05, 3.63) is 89.5 Å². The summed E-state index contributed by atoms with van der Waals surface area (Å²) in [5.74, 6) is 1.51. The Morgan fingerprint density at radius 1 is 0.920 bits per heavy atom. The van der Waals surface area contributed by atoms with Gasteiger partial charge in [-0.3, -0.25) is 4.79 Å². The number of carbonyl (C=O) groups is 1. The van der Waals surface area contributed by atoms with Gasteiger partial charge >= 0.3 is 0 Å². The van der Waals surface area contributed by atoms with Crippen molar-refractivity contribution in [2.75, 3.05) is 5.32 Å². The number of hydrogen-bond donors (Lipinski definition) is 1. The topological polar surface area (TPSA) is 38.3 Å². The third-order valence-electron chi connectivity index (χ3n) is 4.56. The lowest BCUT2D eigenvalue weighted by Crippen LogP contribution is -2.14. The van der Waals surface area contributed by atoms with Gasteiger partial charge in [-0.2, -0.15) is 0 Å². The molecule has 0 saturated carbocycles. The van der Waals surface area contributed by atoms with Gasteiger partial charge in [-0.1, -0.05) is 48.5 Å². The van der Waals surface area contributed by atoms with Crippen LogP contribution in [0.15, 0.2) is 72.8 Å². The molecular formula is C22H19NO2. The van der Waals surface area contributed by atoms with Crippen LogP contribution >= 0.6 is 0 Å². The maximum Gasteiger partial charge on any atom is 0.232 e. The fourth-order valence-electron chi connectivity index (χ4n) is 3.30. The minimum atomic E-state index is -0.151. The number of aryl methyl sites for hydroxylation is 1. The Hall–Kier alpha value is -3.07. The summed E-state index contributed by atoms with van der Waals surface area (Å²) in [5.41, 5.74) is 4.24. The molecule has 3 aromatic carbocycles. The Bertz CT molecular complexity index is 918. The van der Waals surface area contributed by atoms with Gasteiger partial charge in [0.25, 0.3) is 0 Å². The van der Waals surface area contributed by atoms with Gasteiger partial charge in [0.15, 0.2) is 0 Å². The lowest BCUT2D eigenvalue weighted by molar-refractivity contribution is -0.117. The molecule has 1 atom stereocenters. The average molecular weight is 329 g/mol. The number of anilines is 1. The average Bonchev–Trinajstić information content (AvgIpc) is 2.94. The van der Waals surface area contributed by atoms with E-state index in [-0.39, 0.29) is 11.8 Å². The molecule has 0 aliphatic carbocycles. The molecule has 1 amide bonds. The standard InChI is InChI=1S/C22H19NO2/c1-15-7-5-12-19-20(22(24)23-21(15)19)14-16-8-6-11-18(13-16)25-17-9-3-2-4-10-17/h2-13,20H,14H2,1H3,(H,23,24). The molecule has 1 aliphatic heterocycles. The smallest absolute Gasteiger partial charge is 0.232 e. The maximum atomic E-state index is 12.4. The van der Waals surface area contributed by atoms with Gasteiger partial charge in [-0.25, -0.2) is 0 Å². The van der Waals surface area contributed by atoms with Crippen LogP contribution in [0.5, 0.6) is 11.5 Å². The van der Waals surface area contributed by atoms with Crippen molar-refractivity contribution in [1.29, 1.82) is 0 Å². The third kappa shape index (κ3) is 3.13. The minimum Gasteiger partial charge on any atom is -0.457 e. The van der Waals surface area contributed by atoms with Crippen LogP contribution in [0.25, 0.3) is 0 Å². The summed E-state index contributed by atoms with van der Waals surface area (Å²) in [5, 5.41) is 3.02. The van der Waals surface area contributed by atoms with E-state index < -0.39 is 0 Å². The molecule has 1 aliphatic rings. The number of nitrogens with one attached hydrogen (secondary N) is 1. The van der Waals surface area contributed by atoms with Crippen molar-refractivity contribution in [3.63, 3.8) is 0 Å². The molecule has 124 valence electrons. The second kappa shape index (κ2) is 6.44. The maximum absolute atomic E-state index is 12.4. The Labute approximate surface area is 147 Å². The molecule has 25 heavy (non-hydrogen) atoms. The Kier molecular flexibility index (Phi) is 3.98. The lowest BCUT2D eigenvalue weighted by Gasteiger charge is -2.11. The highest BCUT2D eigenvalue weighted by Crippen LogP contribution is 2.37. The minimum absolute atomic E-state index is 0.0682. The van der Waals surface area contributed by atoms with Crippen LogP contribution in [-0.4, -0.2) is 5.91 Å². The highest BCUT2D eigenvalue weighted by molar-refractivity contribution is 6.03. The third-order valence-corrected chi connectivity index (χ3v) is 4.56. The van der Waals surface area contributed by atoms with Crippen LogP contribution in [0.1, 0.15) is 22.6 Å². The molecule has 0 spiro atoms. The quantitative estimate of drug-likeness (QED) is 0.726. The monoisotopic (exact) mass is 329 g/mol. The van der Waals surface area contributed by atoms with Crippen LogP contribution < -0.4 is 10.1 Å². The van der Waals surface area contributed by atoms with Gasteiger partial charge in [0, 0.05) is 5.69 Å².